The molecule has 0 unspecified atom stereocenters. The summed E-state index contributed by atoms with van der Waals surface area (Å²) in [6.07, 6.45) is 5.08. The van der Waals surface area contributed by atoms with E-state index in [0.717, 1.165) is 29.8 Å². The summed E-state index contributed by atoms with van der Waals surface area (Å²) in [5, 5.41) is 3.82. The highest BCUT2D eigenvalue weighted by Gasteiger charge is 2.27. The zero-order chi connectivity index (χ0) is 24.3. The van der Waals surface area contributed by atoms with Gasteiger partial charge in [0.2, 0.25) is 0 Å². The molecule has 0 spiro atoms. The van der Waals surface area contributed by atoms with Crippen LogP contribution in [0.2, 0.25) is 0 Å². The molecule has 176 valence electrons. The molecule has 0 bridgehead atoms. The van der Waals surface area contributed by atoms with Gasteiger partial charge >= 0.3 is 0 Å². The molecule has 0 fully saturated rings. The molecule has 0 saturated carbocycles. The van der Waals surface area contributed by atoms with Gasteiger partial charge in [0.25, 0.3) is 0 Å². The van der Waals surface area contributed by atoms with Gasteiger partial charge in [-0.25, -0.2) is 9.97 Å². The second-order valence-corrected chi connectivity index (χ2v) is 12.4. The summed E-state index contributed by atoms with van der Waals surface area (Å²) >= 11 is 1.85. The maximum atomic E-state index is 4.93. The second-order valence-electron chi connectivity index (χ2n) is 11.3. The van der Waals surface area contributed by atoms with Crippen molar-refractivity contribution < 1.29 is 0 Å². The molecule has 0 aliphatic heterocycles. The first kappa shape index (κ1) is 22.4. The van der Waals surface area contributed by atoms with E-state index < -0.39 is 0 Å². The van der Waals surface area contributed by atoms with E-state index in [1.165, 1.54) is 54.4 Å². The van der Waals surface area contributed by atoms with Crippen molar-refractivity contribution in [2.24, 2.45) is 5.92 Å². The van der Waals surface area contributed by atoms with Crippen LogP contribution in [-0.4, -0.2) is 9.97 Å². The summed E-state index contributed by atoms with van der Waals surface area (Å²) in [5.41, 5.74) is 9.44. The van der Waals surface area contributed by atoms with E-state index >= 15 is 0 Å². The van der Waals surface area contributed by atoms with Crippen molar-refractivity contribution in [2.75, 3.05) is 0 Å². The van der Waals surface area contributed by atoms with Crippen LogP contribution in [0.15, 0.2) is 60.9 Å². The molecule has 0 amide bonds. The summed E-state index contributed by atoms with van der Waals surface area (Å²) in [6, 6.07) is 20.3. The molecule has 0 atom stereocenters. The van der Waals surface area contributed by atoms with Crippen LogP contribution in [0.3, 0.4) is 0 Å². The lowest BCUT2D eigenvalue weighted by atomic mass is 9.81. The van der Waals surface area contributed by atoms with Crippen molar-refractivity contribution >= 4 is 32.3 Å². The molecule has 0 N–H and O–H groups in total. The third-order valence-electron chi connectivity index (χ3n) is 7.28. The number of aryl methyl sites for hydroxylation is 1. The maximum absolute atomic E-state index is 4.93. The largest absolute Gasteiger partial charge is 0.236 e. The molecule has 2 nitrogen and oxygen atoms in total. The average Bonchev–Trinajstić information content (AvgIpc) is 3.22. The Morgan fingerprint density at radius 1 is 0.943 bits per heavy atom. The molecule has 1 aliphatic carbocycles. The normalized spacial score (nSPS) is 13.4. The number of nitrogens with zero attached hydrogens (tertiary/aromatic N) is 2. The number of aromatic nitrogens is 2. The third-order valence-corrected chi connectivity index (χ3v) is 8.43. The Labute approximate surface area is 212 Å². The van der Waals surface area contributed by atoms with E-state index in [9.17, 15) is 0 Å². The molecule has 1 aliphatic rings. The van der Waals surface area contributed by atoms with Crippen LogP contribution >= 0.6 is 11.3 Å². The van der Waals surface area contributed by atoms with Crippen molar-refractivity contribution in [3.63, 3.8) is 0 Å². The molecule has 3 aromatic carbocycles. The highest BCUT2D eigenvalue weighted by atomic mass is 32.1. The Morgan fingerprint density at radius 3 is 2.57 bits per heavy atom. The van der Waals surface area contributed by atoms with E-state index in [4.69, 9.17) is 9.97 Å². The fourth-order valence-corrected chi connectivity index (χ4v) is 6.91. The van der Waals surface area contributed by atoms with Gasteiger partial charge in [0.15, 0.2) is 0 Å². The quantitative estimate of drug-likeness (QED) is 0.260. The fourth-order valence-electron chi connectivity index (χ4n) is 5.76. The first-order chi connectivity index (χ1) is 16.8. The van der Waals surface area contributed by atoms with Crippen LogP contribution in [-0.2, 0) is 24.7 Å². The molecule has 6 rings (SSSR count). The molecule has 5 aromatic rings. The number of benzene rings is 3. The van der Waals surface area contributed by atoms with Gasteiger partial charge in [0.1, 0.15) is 11.2 Å². The summed E-state index contributed by atoms with van der Waals surface area (Å²) in [5.74, 6) is 0.648. The molecule has 0 radical (unpaired) electrons. The van der Waals surface area contributed by atoms with Gasteiger partial charge in [-0.05, 0) is 75.8 Å². The Kier molecular flexibility index (Phi) is 5.30. The van der Waals surface area contributed by atoms with E-state index in [1.807, 2.05) is 11.3 Å². The lowest BCUT2D eigenvalue weighted by Gasteiger charge is -2.23. The van der Waals surface area contributed by atoms with Crippen molar-refractivity contribution in [2.45, 2.75) is 59.3 Å². The van der Waals surface area contributed by atoms with Crippen molar-refractivity contribution in [1.82, 2.24) is 9.97 Å². The third kappa shape index (κ3) is 3.77. The number of rotatable bonds is 3. The average molecular weight is 477 g/mol. The molecule has 3 heteroatoms. The van der Waals surface area contributed by atoms with E-state index in [2.05, 4.69) is 89.2 Å². The minimum atomic E-state index is 0.0359. The van der Waals surface area contributed by atoms with Crippen LogP contribution in [0.1, 0.15) is 56.2 Å². The Balaban J connectivity index is 1.64. The molecular formula is C32H32N2S. The van der Waals surface area contributed by atoms with Crippen LogP contribution in [0.5, 0.6) is 0 Å². The fraction of sp³-hybridized carbons (Fsp3) is 0.312. The highest BCUT2D eigenvalue weighted by Crippen LogP contribution is 2.47. The van der Waals surface area contributed by atoms with Gasteiger partial charge in [-0.1, -0.05) is 77.1 Å². The van der Waals surface area contributed by atoms with Crippen LogP contribution in [0, 0.1) is 5.92 Å². The predicted molar refractivity (Wildman–Crippen MR) is 150 cm³/mol. The monoisotopic (exact) mass is 476 g/mol. The number of hydrogen-bond donors (Lipinski definition) is 0. The van der Waals surface area contributed by atoms with Gasteiger partial charge in [-0.15, -0.1) is 11.3 Å². The van der Waals surface area contributed by atoms with Crippen LogP contribution in [0.25, 0.3) is 43.4 Å². The molecule has 35 heavy (non-hydrogen) atoms. The lowest BCUT2D eigenvalue weighted by molar-refractivity contribution is 0.596. The first-order valence-corrected chi connectivity index (χ1v) is 13.5. The molecule has 2 heterocycles. The number of thiophene rings is 1. The summed E-state index contributed by atoms with van der Waals surface area (Å²) in [7, 11) is 0. The zero-order valence-electron chi connectivity index (χ0n) is 21.3. The van der Waals surface area contributed by atoms with Gasteiger partial charge in [-0.2, -0.15) is 0 Å². The summed E-state index contributed by atoms with van der Waals surface area (Å²) < 4.78 is 0. The van der Waals surface area contributed by atoms with Gasteiger partial charge in [0.05, 0.1) is 5.69 Å². The number of fused-ring (bicyclic) bond motifs is 6. The van der Waals surface area contributed by atoms with Gasteiger partial charge in [-0.3, -0.25) is 0 Å². The minimum Gasteiger partial charge on any atom is -0.236 e. The van der Waals surface area contributed by atoms with E-state index in [1.54, 1.807) is 6.33 Å². The van der Waals surface area contributed by atoms with Crippen molar-refractivity contribution in [1.29, 1.82) is 0 Å². The first-order valence-electron chi connectivity index (χ1n) is 12.7. The zero-order valence-corrected chi connectivity index (χ0v) is 22.1. The second kappa shape index (κ2) is 8.27. The Hall–Kier alpha value is -3.04. The standard InChI is InChI=1S/C32H32N2S/c1-19(2)15-20-10-8-12-25-23(20)13-14-27-28(25)29-30(33-18-34-31(29)35-27)22-16-21-9-6-7-11-24(21)26(17-22)32(3,4)5/h6-12,16-19H,13-15H2,1-5H3. The summed E-state index contributed by atoms with van der Waals surface area (Å²) in [4.78, 5) is 12.2. The number of hydrogen-bond acceptors (Lipinski definition) is 3. The summed E-state index contributed by atoms with van der Waals surface area (Å²) in [6.45, 7) is 11.5. The SMILES string of the molecule is CC(C)Cc1cccc2c1CCc1sc3ncnc(-c4cc(C(C)(C)C)c5ccccc5c4)c3c1-2. The smallest absolute Gasteiger partial charge is 0.128 e. The van der Waals surface area contributed by atoms with Crippen LogP contribution < -0.4 is 0 Å². The maximum Gasteiger partial charge on any atom is 0.128 e. The van der Waals surface area contributed by atoms with Crippen molar-refractivity contribution in [3.05, 3.63) is 82.5 Å². The highest BCUT2D eigenvalue weighted by molar-refractivity contribution is 7.19. The van der Waals surface area contributed by atoms with E-state index in [0.29, 0.717) is 5.92 Å². The minimum absolute atomic E-state index is 0.0359. The molecular weight excluding hydrogens is 444 g/mol. The van der Waals surface area contributed by atoms with Gasteiger partial charge in [0, 0.05) is 21.4 Å². The lowest BCUT2D eigenvalue weighted by Crippen LogP contribution is -2.12. The van der Waals surface area contributed by atoms with E-state index in [-0.39, 0.29) is 5.41 Å². The molecule has 0 saturated heterocycles. The van der Waals surface area contributed by atoms with Crippen LogP contribution in [0.4, 0.5) is 0 Å². The van der Waals surface area contributed by atoms with Crippen molar-refractivity contribution in [3.8, 4) is 22.4 Å². The predicted octanol–water partition coefficient (Wildman–Crippen LogP) is 8.77. The van der Waals surface area contributed by atoms with Gasteiger partial charge < -0.3 is 0 Å². The Bertz CT molecular complexity index is 1580. The Morgan fingerprint density at radius 2 is 1.77 bits per heavy atom. The molecule has 2 aromatic heterocycles. The topological polar surface area (TPSA) is 25.8 Å².